The molecule has 0 aromatic rings. The number of esters is 2. The molecule has 0 aliphatic carbocycles. The van der Waals surface area contributed by atoms with Gasteiger partial charge >= 0.3 is 250 Å². The Morgan fingerprint density at radius 2 is 0.927 bits per heavy atom. The summed E-state index contributed by atoms with van der Waals surface area (Å²) in [5, 5.41) is 20.4. The van der Waals surface area contributed by atoms with E-state index >= 15 is 0 Å². The standard InChI is InChI=1S/C32H61O8P/c1-5-8-11-14-17-20-23-41(24-21-18-15-12-9-6-2,25-22-19-16-13-10-7-3)40-30(35)27-32(38,31(36)37)26-29(34)39-28(4)33/h38,41H,5-27H2,1-4H3,(H,36,37). The number of unbranched alkanes of at least 4 members (excludes halogenated alkanes) is 15. The number of rotatable bonds is 27. The van der Waals surface area contributed by atoms with Gasteiger partial charge in [-0.15, -0.1) is 0 Å². The first kappa shape index (κ1) is 39.5. The number of aliphatic carboxylic acids is 1. The van der Waals surface area contributed by atoms with Crippen molar-refractivity contribution in [3.63, 3.8) is 0 Å². The van der Waals surface area contributed by atoms with Gasteiger partial charge in [-0.25, -0.2) is 0 Å². The van der Waals surface area contributed by atoms with E-state index in [1.165, 1.54) is 57.8 Å². The van der Waals surface area contributed by atoms with Crippen LogP contribution in [-0.4, -0.2) is 58.2 Å². The van der Waals surface area contributed by atoms with Crippen LogP contribution in [0.15, 0.2) is 0 Å². The molecule has 242 valence electrons. The molecule has 1 unspecified atom stereocenters. The number of carboxylic acids is 1. The van der Waals surface area contributed by atoms with Gasteiger partial charge in [-0.05, 0) is 0 Å². The van der Waals surface area contributed by atoms with Crippen LogP contribution in [0.4, 0.5) is 0 Å². The van der Waals surface area contributed by atoms with E-state index in [-0.39, 0.29) is 0 Å². The van der Waals surface area contributed by atoms with Crippen molar-refractivity contribution in [2.75, 3.05) is 18.5 Å². The van der Waals surface area contributed by atoms with E-state index in [4.69, 9.17) is 4.52 Å². The number of hydrogen-bond acceptors (Lipinski definition) is 7. The van der Waals surface area contributed by atoms with Crippen LogP contribution in [0.1, 0.15) is 156 Å². The molecule has 0 heterocycles. The van der Waals surface area contributed by atoms with Crippen molar-refractivity contribution < 1.29 is 38.7 Å². The third-order valence-electron chi connectivity index (χ3n) is 7.82. The summed E-state index contributed by atoms with van der Waals surface area (Å²) in [7, 11) is -2.59. The monoisotopic (exact) mass is 604 g/mol. The first-order valence-electron chi connectivity index (χ1n) is 16.4. The quantitative estimate of drug-likeness (QED) is 0.0418. The summed E-state index contributed by atoms with van der Waals surface area (Å²) in [6, 6.07) is 0. The van der Waals surface area contributed by atoms with Gasteiger partial charge in [0.2, 0.25) is 0 Å². The number of aliphatic hydroxyl groups is 1. The molecule has 0 aromatic carbocycles. The van der Waals surface area contributed by atoms with E-state index in [1.54, 1.807) is 0 Å². The molecule has 0 saturated heterocycles. The summed E-state index contributed by atoms with van der Waals surface area (Å²) in [4.78, 5) is 48.3. The molecule has 41 heavy (non-hydrogen) atoms. The Bertz CT molecular complexity index is 700. The zero-order chi connectivity index (χ0) is 31.0. The summed E-state index contributed by atoms with van der Waals surface area (Å²) in [5.41, 5.74) is -2.69. The van der Waals surface area contributed by atoms with Gasteiger partial charge in [-0.1, -0.05) is 0 Å². The Labute approximate surface area is 250 Å². The number of carboxylic acid groups (broad SMARTS) is 1. The number of carbonyl (C=O) groups is 4. The van der Waals surface area contributed by atoms with Gasteiger partial charge in [0.05, 0.1) is 0 Å². The predicted octanol–water partition coefficient (Wildman–Crippen LogP) is 7.96. The second kappa shape index (κ2) is 24.0. The zero-order valence-electron chi connectivity index (χ0n) is 26.6. The minimum atomic E-state index is -2.69. The van der Waals surface area contributed by atoms with Crippen LogP contribution in [0.3, 0.4) is 0 Å². The molecule has 1 atom stereocenters. The number of hydrogen-bond donors (Lipinski definition) is 2. The number of carbonyl (C=O) groups excluding carboxylic acids is 3. The molecule has 0 spiro atoms. The van der Waals surface area contributed by atoms with Crippen LogP contribution in [0.25, 0.3) is 0 Å². The summed E-state index contributed by atoms with van der Waals surface area (Å²) in [5.74, 6) is -4.59. The van der Waals surface area contributed by atoms with E-state index in [1.807, 2.05) is 0 Å². The Kier molecular flexibility index (Phi) is 23.1. The molecule has 0 aromatic heterocycles. The number of ether oxygens (including phenoxy) is 1. The van der Waals surface area contributed by atoms with Crippen molar-refractivity contribution in [3.05, 3.63) is 0 Å². The molecule has 2 N–H and O–H groups in total. The third-order valence-corrected chi connectivity index (χ3v) is 12.3. The van der Waals surface area contributed by atoms with E-state index in [0.29, 0.717) is 0 Å². The van der Waals surface area contributed by atoms with Crippen molar-refractivity contribution >= 4 is 31.4 Å². The van der Waals surface area contributed by atoms with Gasteiger partial charge in [-0.2, -0.15) is 0 Å². The van der Waals surface area contributed by atoms with Gasteiger partial charge in [0.1, 0.15) is 0 Å². The molecule has 0 amide bonds. The molecule has 0 bridgehead atoms. The van der Waals surface area contributed by atoms with Crippen LogP contribution in [-0.2, 0) is 28.4 Å². The molecule has 0 radical (unpaired) electrons. The first-order chi connectivity index (χ1) is 19.5. The predicted molar refractivity (Wildman–Crippen MR) is 168 cm³/mol. The van der Waals surface area contributed by atoms with Crippen molar-refractivity contribution in [3.8, 4) is 0 Å². The van der Waals surface area contributed by atoms with Gasteiger partial charge < -0.3 is 0 Å². The third kappa shape index (κ3) is 20.1. The van der Waals surface area contributed by atoms with Gasteiger partial charge in [-0.3, -0.25) is 0 Å². The summed E-state index contributed by atoms with van der Waals surface area (Å²) in [6.45, 7) is 7.59. The van der Waals surface area contributed by atoms with Crippen LogP contribution < -0.4 is 0 Å². The minimum absolute atomic E-state index is 0.778. The maximum absolute atomic E-state index is 13.3. The van der Waals surface area contributed by atoms with Gasteiger partial charge in [0, 0.05) is 0 Å². The average molecular weight is 605 g/mol. The second-order valence-electron chi connectivity index (χ2n) is 11.9. The maximum atomic E-state index is 13.3. The molecular weight excluding hydrogens is 543 g/mol. The normalized spacial score (nSPS) is 13.4. The topological polar surface area (TPSA) is 127 Å². The average Bonchev–Trinajstić information content (AvgIpc) is 2.89. The molecule has 9 heteroatoms. The van der Waals surface area contributed by atoms with E-state index in [9.17, 15) is 29.4 Å². The second-order valence-corrected chi connectivity index (χ2v) is 15.9. The summed E-state index contributed by atoms with van der Waals surface area (Å²) in [6.07, 6.45) is 21.0. The Hall–Kier alpha value is -1.53. The summed E-state index contributed by atoms with van der Waals surface area (Å²) < 4.78 is 10.7. The van der Waals surface area contributed by atoms with E-state index in [2.05, 4.69) is 25.5 Å². The van der Waals surface area contributed by atoms with Crippen LogP contribution in [0.2, 0.25) is 0 Å². The fourth-order valence-corrected chi connectivity index (χ4v) is 9.67. The van der Waals surface area contributed by atoms with E-state index in [0.717, 1.165) is 83.2 Å². The fourth-order valence-electron chi connectivity index (χ4n) is 5.38. The Balaban J connectivity index is 5.68. The van der Waals surface area contributed by atoms with E-state index < -0.39 is 49.8 Å². The Morgan fingerprint density at radius 1 is 0.585 bits per heavy atom. The first-order valence-corrected chi connectivity index (χ1v) is 19.0. The van der Waals surface area contributed by atoms with Crippen molar-refractivity contribution in [1.82, 2.24) is 0 Å². The van der Waals surface area contributed by atoms with Crippen molar-refractivity contribution in [1.29, 1.82) is 0 Å². The molecule has 8 nitrogen and oxygen atoms in total. The molecule has 0 aliphatic heterocycles. The fraction of sp³-hybridized carbons (Fsp3) is 0.875. The molecule has 0 saturated carbocycles. The molecule has 0 rings (SSSR count). The molecule has 0 aliphatic rings. The summed E-state index contributed by atoms with van der Waals surface area (Å²) >= 11 is 0. The van der Waals surface area contributed by atoms with Gasteiger partial charge in [0.15, 0.2) is 0 Å². The van der Waals surface area contributed by atoms with Crippen LogP contribution in [0.5, 0.6) is 0 Å². The Morgan fingerprint density at radius 3 is 1.27 bits per heavy atom. The molecule has 0 fully saturated rings. The van der Waals surface area contributed by atoms with Crippen LogP contribution in [0, 0.1) is 0 Å². The SMILES string of the molecule is CCCCCCCC[PH](CCCCCCCC)(CCCCCCCC)OC(=O)CC(O)(CC(=O)OC(C)=O)C(=O)O. The van der Waals surface area contributed by atoms with Gasteiger partial charge in [0.25, 0.3) is 0 Å². The van der Waals surface area contributed by atoms with Crippen molar-refractivity contribution in [2.45, 2.75) is 162 Å². The molecular formula is C32H61O8P. The zero-order valence-corrected chi connectivity index (χ0v) is 27.6. The van der Waals surface area contributed by atoms with Crippen molar-refractivity contribution in [2.24, 2.45) is 0 Å². The van der Waals surface area contributed by atoms with Crippen LogP contribution >= 0.6 is 7.49 Å².